The van der Waals surface area contributed by atoms with E-state index in [1.807, 2.05) is 85.9 Å². The summed E-state index contributed by atoms with van der Waals surface area (Å²) >= 11 is 0. The van der Waals surface area contributed by atoms with E-state index in [4.69, 9.17) is 4.74 Å². The highest BCUT2D eigenvalue weighted by atomic mass is 16.5. The van der Waals surface area contributed by atoms with Crippen molar-refractivity contribution in [2.24, 2.45) is 0 Å². The van der Waals surface area contributed by atoms with Crippen LogP contribution in [0, 0.1) is 0 Å². The molecule has 0 radical (unpaired) electrons. The summed E-state index contributed by atoms with van der Waals surface area (Å²) in [4.78, 5) is 17.7. The van der Waals surface area contributed by atoms with Gasteiger partial charge in [-0.3, -0.25) is 4.79 Å². The Morgan fingerprint density at radius 3 is 2.51 bits per heavy atom. The molecule has 3 heterocycles. The molecular formula is C29H26N8O2. The zero-order valence-corrected chi connectivity index (χ0v) is 21.2. The first kappa shape index (κ1) is 24.1. The smallest absolute Gasteiger partial charge is 0.255 e. The summed E-state index contributed by atoms with van der Waals surface area (Å²) in [5, 5.41) is 19.0. The van der Waals surface area contributed by atoms with Crippen molar-refractivity contribution < 1.29 is 9.53 Å². The lowest BCUT2D eigenvalue weighted by atomic mass is 9.95. The van der Waals surface area contributed by atoms with Crippen LogP contribution in [0.5, 0.6) is 5.75 Å². The number of benzene rings is 3. The second-order valence-electron chi connectivity index (χ2n) is 9.17. The zero-order chi connectivity index (χ0) is 26.6. The van der Waals surface area contributed by atoms with Crippen molar-refractivity contribution in [1.29, 1.82) is 0 Å². The molecule has 0 aliphatic carbocycles. The molecule has 1 amide bonds. The first-order valence-corrected chi connectivity index (χ1v) is 12.5. The molecule has 10 heteroatoms. The van der Waals surface area contributed by atoms with Crippen LogP contribution in [0.15, 0.2) is 109 Å². The molecule has 5 aromatic rings. The number of anilines is 2. The van der Waals surface area contributed by atoms with E-state index in [1.165, 1.54) is 6.33 Å². The highest BCUT2D eigenvalue weighted by Gasteiger charge is 2.33. The Labute approximate surface area is 225 Å². The summed E-state index contributed by atoms with van der Waals surface area (Å²) < 4.78 is 9.48. The van der Waals surface area contributed by atoms with Crippen LogP contribution in [0.25, 0.3) is 0 Å². The number of ether oxygens (including phenoxy) is 1. The number of para-hydroxylation sites is 1. The third kappa shape index (κ3) is 5.26. The number of nitrogens with one attached hydrogen (secondary N) is 2. The van der Waals surface area contributed by atoms with E-state index in [2.05, 4.69) is 43.2 Å². The number of carbonyl (C=O) groups is 1. The Hall–Kier alpha value is -5.25. The van der Waals surface area contributed by atoms with Crippen LogP contribution < -0.4 is 15.4 Å². The van der Waals surface area contributed by atoms with Gasteiger partial charge in [-0.2, -0.15) is 10.1 Å². The van der Waals surface area contributed by atoms with Crippen molar-refractivity contribution in [2.45, 2.75) is 26.1 Å². The van der Waals surface area contributed by atoms with Gasteiger partial charge in [0.1, 0.15) is 30.4 Å². The predicted molar refractivity (Wildman–Crippen MR) is 146 cm³/mol. The van der Waals surface area contributed by atoms with Gasteiger partial charge in [0.2, 0.25) is 5.95 Å². The Balaban J connectivity index is 1.18. The van der Waals surface area contributed by atoms with E-state index in [-0.39, 0.29) is 5.91 Å². The molecule has 39 heavy (non-hydrogen) atoms. The van der Waals surface area contributed by atoms with Crippen molar-refractivity contribution in [3.05, 3.63) is 126 Å². The van der Waals surface area contributed by atoms with Gasteiger partial charge in [0.25, 0.3) is 5.91 Å². The maximum absolute atomic E-state index is 13.4. The lowest BCUT2D eigenvalue weighted by Crippen LogP contribution is -2.31. The number of rotatable bonds is 8. The number of hydrogen-bond acceptors (Lipinski definition) is 7. The van der Waals surface area contributed by atoms with Gasteiger partial charge >= 0.3 is 0 Å². The highest BCUT2D eigenvalue weighted by molar-refractivity contribution is 6.06. The van der Waals surface area contributed by atoms with E-state index in [0.29, 0.717) is 36.1 Å². The van der Waals surface area contributed by atoms with E-state index < -0.39 is 6.04 Å². The maximum atomic E-state index is 13.4. The number of fused-ring (bicyclic) bond motifs is 1. The third-order valence-electron chi connectivity index (χ3n) is 6.43. The molecule has 0 saturated heterocycles. The number of amides is 1. The summed E-state index contributed by atoms with van der Waals surface area (Å²) in [6, 6.07) is 26.6. The molecule has 2 N–H and O–H groups in total. The first-order valence-electron chi connectivity index (χ1n) is 12.5. The second-order valence-corrected chi connectivity index (χ2v) is 9.17. The van der Waals surface area contributed by atoms with Crippen LogP contribution in [0.2, 0.25) is 0 Å². The highest BCUT2D eigenvalue weighted by Crippen LogP contribution is 2.35. The van der Waals surface area contributed by atoms with Crippen LogP contribution in [0.4, 0.5) is 11.6 Å². The fourth-order valence-electron chi connectivity index (χ4n) is 4.57. The molecule has 1 atom stereocenters. The third-order valence-corrected chi connectivity index (χ3v) is 6.43. The predicted octanol–water partition coefficient (Wildman–Crippen LogP) is 4.42. The Morgan fingerprint density at radius 2 is 1.74 bits per heavy atom. The number of allylic oxidation sites excluding steroid dienone is 1. The lowest BCUT2D eigenvalue weighted by Gasteiger charge is -2.28. The second kappa shape index (κ2) is 10.6. The monoisotopic (exact) mass is 518 g/mol. The van der Waals surface area contributed by atoms with Crippen LogP contribution in [-0.2, 0) is 17.9 Å². The fourth-order valence-corrected chi connectivity index (χ4v) is 4.57. The van der Waals surface area contributed by atoms with Gasteiger partial charge in [-0.25, -0.2) is 9.36 Å². The average Bonchev–Trinajstić information content (AvgIpc) is 3.62. The normalized spacial score (nSPS) is 14.4. The zero-order valence-electron chi connectivity index (χ0n) is 21.2. The van der Waals surface area contributed by atoms with Crippen molar-refractivity contribution >= 4 is 17.5 Å². The minimum absolute atomic E-state index is 0.212. The largest absolute Gasteiger partial charge is 0.487 e. The van der Waals surface area contributed by atoms with Gasteiger partial charge in [-0.1, -0.05) is 65.9 Å². The Bertz CT molecular complexity index is 1610. The van der Waals surface area contributed by atoms with Crippen LogP contribution in [0.1, 0.15) is 29.8 Å². The van der Waals surface area contributed by atoms with Gasteiger partial charge in [0.15, 0.2) is 0 Å². The molecule has 0 spiro atoms. The molecule has 1 aliphatic rings. The summed E-state index contributed by atoms with van der Waals surface area (Å²) in [5.41, 5.74) is 4.75. The summed E-state index contributed by atoms with van der Waals surface area (Å²) in [6.07, 6.45) is 3.36. The van der Waals surface area contributed by atoms with E-state index in [0.717, 1.165) is 22.5 Å². The minimum Gasteiger partial charge on any atom is -0.487 e. The molecular weight excluding hydrogens is 492 g/mol. The van der Waals surface area contributed by atoms with E-state index >= 15 is 0 Å². The molecule has 2 aromatic heterocycles. The van der Waals surface area contributed by atoms with Gasteiger partial charge in [-0.15, -0.1) is 5.10 Å². The van der Waals surface area contributed by atoms with Crippen LogP contribution in [-0.4, -0.2) is 35.7 Å². The maximum Gasteiger partial charge on any atom is 0.255 e. The molecule has 6 rings (SSSR count). The average molecular weight is 519 g/mol. The molecule has 194 valence electrons. The minimum atomic E-state index is -0.459. The van der Waals surface area contributed by atoms with Gasteiger partial charge in [0.05, 0.1) is 18.3 Å². The summed E-state index contributed by atoms with van der Waals surface area (Å²) in [6.45, 7) is 2.81. The van der Waals surface area contributed by atoms with Crippen LogP contribution >= 0.6 is 0 Å². The lowest BCUT2D eigenvalue weighted by molar-refractivity contribution is -0.113. The summed E-state index contributed by atoms with van der Waals surface area (Å²) in [7, 11) is 0. The molecule has 3 aromatic carbocycles. The van der Waals surface area contributed by atoms with Crippen molar-refractivity contribution in [3.63, 3.8) is 0 Å². The number of aromatic nitrogens is 6. The number of nitrogens with zero attached hydrogens (tertiary/aromatic N) is 6. The first-order chi connectivity index (χ1) is 19.1. The molecule has 10 nitrogen and oxygen atoms in total. The number of hydrogen-bond donors (Lipinski definition) is 2. The van der Waals surface area contributed by atoms with Crippen molar-refractivity contribution in [1.82, 2.24) is 29.8 Å². The van der Waals surface area contributed by atoms with Crippen molar-refractivity contribution in [2.75, 3.05) is 10.6 Å². The molecule has 1 aliphatic heterocycles. The molecule has 0 saturated carbocycles. The Morgan fingerprint density at radius 1 is 1.00 bits per heavy atom. The molecule has 0 bridgehead atoms. The topological polar surface area (TPSA) is 112 Å². The van der Waals surface area contributed by atoms with E-state index in [9.17, 15) is 4.79 Å². The summed E-state index contributed by atoms with van der Waals surface area (Å²) in [5.74, 6) is 1.05. The number of carbonyl (C=O) groups excluding carboxylic acids is 1. The standard InChI is InChI=1S/C29H26N8O2/c1-20-26(28(38)33-23-10-6-3-7-11-23)27(37-29(32-20)30-19-31-37)22-12-14-25(15-13-22)39-18-24-17-36(35-34-24)16-21-8-4-2-5-9-21/h2-15,17,19,27H,16,18H2,1H3,(H,33,38)(H,30,31,32). The quantitative estimate of drug-likeness (QED) is 0.313. The van der Waals surface area contributed by atoms with Gasteiger partial charge < -0.3 is 15.4 Å². The van der Waals surface area contributed by atoms with Crippen LogP contribution in [0.3, 0.4) is 0 Å². The molecule has 1 unspecified atom stereocenters. The van der Waals surface area contributed by atoms with E-state index in [1.54, 1.807) is 9.36 Å². The SMILES string of the molecule is CC1=C(C(=O)Nc2ccccc2)C(c2ccc(OCc3cn(Cc4ccccc4)nn3)cc2)n2ncnc2N1. The fraction of sp³-hybridized carbons (Fsp3) is 0.138. The van der Waals surface area contributed by atoms with Gasteiger partial charge in [-0.05, 0) is 42.3 Å². The van der Waals surface area contributed by atoms with Crippen molar-refractivity contribution in [3.8, 4) is 5.75 Å². The van der Waals surface area contributed by atoms with Gasteiger partial charge in [0, 0.05) is 11.4 Å². The Kier molecular flexibility index (Phi) is 6.57. The molecule has 0 fully saturated rings.